The zero-order valence-electron chi connectivity index (χ0n) is 9.04. The first-order chi connectivity index (χ1) is 7.65. The van der Waals surface area contributed by atoms with E-state index < -0.39 is 0 Å². The zero-order chi connectivity index (χ0) is 11.7. The minimum atomic E-state index is -0.211. The summed E-state index contributed by atoms with van der Waals surface area (Å²) in [5.41, 5.74) is 1.02. The molecule has 0 amide bonds. The molecule has 1 aromatic carbocycles. The lowest BCUT2D eigenvalue weighted by molar-refractivity contribution is 0.0531. The molecule has 0 aliphatic carbocycles. The van der Waals surface area contributed by atoms with Gasteiger partial charge in [0.05, 0.1) is 6.61 Å². The number of halogens is 1. The number of aryl methyl sites for hydroxylation is 1. The second-order valence-corrected chi connectivity index (χ2v) is 5.58. The van der Waals surface area contributed by atoms with E-state index in [1.54, 1.807) is 0 Å². The summed E-state index contributed by atoms with van der Waals surface area (Å²) in [5.74, 6) is -0.211. The van der Waals surface area contributed by atoms with Crippen molar-refractivity contribution in [3.05, 3.63) is 32.2 Å². The molecule has 0 atom stereocenters. The minimum absolute atomic E-state index is 0.211. The summed E-state index contributed by atoms with van der Waals surface area (Å²) < 4.78 is 7.40. The fraction of sp³-hybridized carbons (Fsp3) is 0.250. The van der Waals surface area contributed by atoms with Gasteiger partial charge < -0.3 is 4.74 Å². The Bertz CT molecular complexity index is 545. The van der Waals surface area contributed by atoms with Crippen LogP contribution in [0.25, 0.3) is 10.1 Å². The molecular weight excluding hydrogens is 335 g/mol. The lowest BCUT2D eigenvalue weighted by atomic mass is 10.1. The number of rotatable bonds is 2. The van der Waals surface area contributed by atoms with Gasteiger partial charge >= 0.3 is 5.97 Å². The van der Waals surface area contributed by atoms with E-state index >= 15 is 0 Å². The predicted molar refractivity (Wildman–Crippen MR) is 75.2 cm³/mol. The molecule has 0 radical (unpaired) electrons. The van der Waals surface area contributed by atoms with Gasteiger partial charge in [-0.05, 0) is 53.5 Å². The van der Waals surface area contributed by atoms with Crippen LogP contribution in [0.5, 0.6) is 0 Å². The van der Waals surface area contributed by atoms with E-state index in [0.29, 0.717) is 6.61 Å². The Kier molecular flexibility index (Phi) is 3.49. The van der Waals surface area contributed by atoms with Crippen molar-refractivity contribution in [2.45, 2.75) is 13.8 Å². The van der Waals surface area contributed by atoms with Crippen molar-refractivity contribution in [2.24, 2.45) is 0 Å². The van der Waals surface area contributed by atoms with Crippen LogP contribution >= 0.6 is 33.9 Å². The zero-order valence-corrected chi connectivity index (χ0v) is 12.0. The highest BCUT2D eigenvalue weighted by atomic mass is 127. The van der Waals surface area contributed by atoms with Crippen molar-refractivity contribution < 1.29 is 9.53 Å². The highest BCUT2D eigenvalue weighted by Gasteiger charge is 2.17. The van der Waals surface area contributed by atoms with E-state index in [1.807, 2.05) is 32.0 Å². The highest BCUT2D eigenvalue weighted by Crippen LogP contribution is 2.34. The van der Waals surface area contributed by atoms with Crippen LogP contribution in [0.1, 0.15) is 22.2 Å². The van der Waals surface area contributed by atoms with E-state index in [1.165, 1.54) is 19.6 Å². The molecule has 16 heavy (non-hydrogen) atoms. The molecule has 2 rings (SSSR count). The van der Waals surface area contributed by atoms with Crippen LogP contribution in [0.4, 0.5) is 0 Å². The average Bonchev–Trinajstić information content (AvgIpc) is 2.59. The minimum Gasteiger partial charge on any atom is -0.462 e. The Labute approximate surface area is 112 Å². The van der Waals surface area contributed by atoms with Gasteiger partial charge in [-0.1, -0.05) is 12.1 Å². The number of hydrogen-bond acceptors (Lipinski definition) is 3. The molecule has 1 aromatic heterocycles. The molecule has 0 unspecified atom stereocenters. The molecule has 1 heterocycles. The van der Waals surface area contributed by atoms with Gasteiger partial charge in [0, 0.05) is 8.27 Å². The van der Waals surface area contributed by atoms with E-state index in [4.69, 9.17) is 4.74 Å². The van der Waals surface area contributed by atoms with Gasteiger partial charge in [-0.3, -0.25) is 0 Å². The number of hydrogen-bond donors (Lipinski definition) is 0. The number of thiophene rings is 1. The molecule has 4 heteroatoms. The fourth-order valence-electron chi connectivity index (χ4n) is 1.60. The van der Waals surface area contributed by atoms with Gasteiger partial charge in [0.2, 0.25) is 0 Å². The van der Waals surface area contributed by atoms with Crippen LogP contribution < -0.4 is 0 Å². The number of ether oxygens (including phenoxy) is 1. The first-order valence-corrected chi connectivity index (χ1v) is 6.89. The largest absolute Gasteiger partial charge is 0.462 e. The normalized spacial score (nSPS) is 10.7. The lowest BCUT2D eigenvalue weighted by Gasteiger charge is -1.99. The molecule has 0 saturated carbocycles. The van der Waals surface area contributed by atoms with Gasteiger partial charge in [0.1, 0.15) is 4.88 Å². The van der Waals surface area contributed by atoms with Crippen LogP contribution in [0.3, 0.4) is 0 Å². The second kappa shape index (κ2) is 4.71. The van der Waals surface area contributed by atoms with Gasteiger partial charge in [-0.2, -0.15) is 0 Å². The van der Waals surface area contributed by atoms with Crippen LogP contribution in [0.15, 0.2) is 18.2 Å². The Morgan fingerprint density at radius 2 is 2.25 bits per heavy atom. The maximum Gasteiger partial charge on any atom is 0.348 e. The molecule has 0 aliphatic rings. The van der Waals surface area contributed by atoms with Crippen LogP contribution in [0, 0.1) is 10.5 Å². The third-order valence-electron chi connectivity index (χ3n) is 2.38. The van der Waals surface area contributed by atoms with Crippen molar-refractivity contribution in [3.63, 3.8) is 0 Å². The monoisotopic (exact) mass is 346 g/mol. The van der Waals surface area contributed by atoms with E-state index in [-0.39, 0.29) is 5.97 Å². The summed E-state index contributed by atoms with van der Waals surface area (Å²) in [4.78, 5) is 12.5. The molecule has 0 saturated heterocycles. The van der Waals surface area contributed by atoms with Crippen molar-refractivity contribution in [1.29, 1.82) is 0 Å². The molecular formula is C12H11IO2S. The quantitative estimate of drug-likeness (QED) is 0.607. The Hall–Kier alpha value is -0.620. The number of benzene rings is 1. The average molecular weight is 346 g/mol. The van der Waals surface area contributed by atoms with E-state index in [9.17, 15) is 4.79 Å². The predicted octanol–water partition coefficient (Wildman–Crippen LogP) is 3.99. The number of carbonyl (C=O) groups is 1. The van der Waals surface area contributed by atoms with Gasteiger partial charge in [0.25, 0.3) is 0 Å². The summed E-state index contributed by atoms with van der Waals surface area (Å²) in [6.45, 7) is 4.22. The maximum absolute atomic E-state index is 11.7. The van der Waals surface area contributed by atoms with Gasteiger partial charge in [-0.15, -0.1) is 11.3 Å². The second-order valence-electron chi connectivity index (χ2n) is 3.39. The maximum atomic E-state index is 11.7. The van der Waals surface area contributed by atoms with E-state index in [0.717, 1.165) is 15.8 Å². The van der Waals surface area contributed by atoms with Crippen LogP contribution in [0.2, 0.25) is 0 Å². The fourth-order valence-corrected chi connectivity index (χ4v) is 3.53. The lowest BCUT2D eigenvalue weighted by Crippen LogP contribution is -2.03. The molecule has 0 spiro atoms. The van der Waals surface area contributed by atoms with Crippen molar-refractivity contribution in [2.75, 3.05) is 6.61 Å². The van der Waals surface area contributed by atoms with Gasteiger partial charge in [0.15, 0.2) is 0 Å². The van der Waals surface area contributed by atoms with Crippen LogP contribution in [-0.4, -0.2) is 12.6 Å². The van der Waals surface area contributed by atoms with E-state index in [2.05, 4.69) is 22.6 Å². The first kappa shape index (κ1) is 11.9. The Morgan fingerprint density at radius 3 is 2.88 bits per heavy atom. The molecule has 2 nitrogen and oxygen atoms in total. The first-order valence-electron chi connectivity index (χ1n) is 5.00. The third-order valence-corrected chi connectivity index (χ3v) is 4.96. The third kappa shape index (κ3) is 1.96. The molecule has 0 fully saturated rings. The molecule has 2 aromatic rings. The Balaban J connectivity index is 2.60. The number of esters is 1. The highest BCUT2D eigenvalue weighted by molar-refractivity contribution is 14.1. The SMILES string of the molecule is CCOC(=O)c1sc2c(I)cccc2c1C. The number of fused-ring (bicyclic) bond motifs is 1. The summed E-state index contributed by atoms with van der Waals surface area (Å²) in [5, 5.41) is 1.15. The van der Waals surface area contributed by atoms with Crippen LogP contribution in [-0.2, 0) is 4.74 Å². The summed E-state index contributed by atoms with van der Waals surface area (Å²) in [7, 11) is 0. The standard InChI is InChI=1S/C12H11IO2S/c1-3-15-12(14)10-7(2)8-5-4-6-9(13)11(8)16-10/h4-6H,3H2,1-2H3. The summed E-state index contributed by atoms with van der Waals surface area (Å²) >= 11 is 3.81. The van der Waals surface area contributed by atoms with Crippen molar-refractivity contribution >= 4 is 50.0 Å². The molecule has 84 valence electrons. The number of carbonyl (C=O) groups excluding carboxylic acids is 1. The summed E-state index contributed by atoms with van der Waals surface area (Å²) in [6.07, 6.45) is 0. The van der Waals surface area contributed by atoms with Crippen molar-refractivity contribution in [1.82, 2.24) is 0 Å². The molecule has 0 N–H and O–H groups in total. The Morgan fingerprint density at radius 1 is 1.50 bits per heavy atom. The summed E-state index contributed by atoms with van der Waals surface area (Å²) in [6, 6.07) is 6.11. The van der Waals surface area contributed by atoms with Gasteiger partial charge in [-0.25, -0.2) is 4.79 Å². The smallest absolute Gasteiger partial charge is 0.348 e. The molecule has 0 aliphatic heterocycles. The topological polar surface area (TPSA) is 26.3 Å². The van der Waals surface area contributed by atoms with Crippen molar-refractivity contribution in [3.8, 4) is 0 Å². The molecule has 0 bridgehead atoms.